The van der Waals surface area contributed by atoms with Crippen LogP contribution in [0.1, 0.15) is 32.6 Å². The molecule has 18 heavy (non-hydrogen) atoms. The molecule has 0 aromatic heterocycles. The van der Waals surface area contributed by atoms with E-state index in [1.54, 1.807) is 0 Å². The molecule has 1 saturated heterocycles. The van der Waals surface area contributed by atoms with Crippen molar-refractivity contribution < 1.29 is 9.47 Å². The molecule has 0 aromatic rings. The SMILES string of the molecule is CC1(CCNC(N)=NCC2CCC2)OCCO1.I. The molecule has 0 amide bonds. The van der Waals surface area contributed by atoms with E-state index >= 15 is 0 Å². The number of aliphatic imine (C=N–C) groups is 1. The van der Waals surface area contributed by atoms with E-state index in [9.17, 15) is 0 Å². The third-order valence-corrected chi connectivity index (χ3v) is 3.53. The van der Waals surface area contributed by atoms with Crippen molar-refractivity contribution in [2.45, 2.75) is 38.4 Å². The van der Waals surface area contributed by atoms with Crippen LogP contribution in [0.15, 0.2) is 4.99 Å². The fraction of sp³-hybridized carbons (Fsp3) is 0.917. The molecule has 2 fully saturated rings. The molecule has 0 unspecified atom stereocenters. The average molecular weight is 369 g/mol. The smallest absolute Gasteiger partial charge is 0.188 e. The molecular formula is C12H24IN3O2. The van der Waals surface area contributed by atoms with E-state index in [4.69, 9.17) is 15.2 Å². The second-order valence-electron chi connectivity index (χ2n) is 5.03. The van der Waals surface area contributed by atoms with Gasteiger partial charge in [-0.05, 0) is 25.7 Å². The van der Waals surface area contributed by atoms with Gasteiger partial charge in [-0.15, -0.1) is 24.0 Å². The lowest BCUT2D eigenvalue weighted by Gasteiger charge is -2.24. The molecule has 2 aliphatic rings. The number of hydrogen-bond acceptors (Lipinski definition) is 3. The highest BCUT2D eigenvalue weighted by atomic mass is 127. The van der Waals surface area contributed by atoms with E-state index in [1.807, 2.05) is 6.92 Å². The van der Waals surface area contributed by atoms with Crippen molar-refractivity contribution in [3.63, 3.8) is 0 Å². The van der Waals surface area contributed by atoms with Gasteiger partial charge in [0.1, 0.15) is 0 Å². The molecular weight excluding hydrogens is 345 g/mol. The first-order valence-electron chi connectivity index (χ1n) is 6.50. The number of nitrogens with two attached hydrogens (primary N) is 1. The van der Waals surface area contributed by atoms with E-state index in [2.05, 4.69) is 10.3 Å². The van der Waals surface area contributed by atoms with Gasteiger partial charge in [-0.3, -0.25) is 4.99 Å². The molecule has 106 valence electrons. The van der Waals surface area contributed by atoms with Gasteiger partial charge in [-0.2, -0.15) is 0 Å². The summed E-state index contributed by atoms with van der Waals surface area (Å²) in [5.41, 5.74) is 5.79. The number of nitrogens with zero attached hydrogens (tertiary/aromatic N) is 1. The third kappa shape index (κ3) is 4.89. The maximum Gasteiger partial charge on any atom is 0.188 e. The topological polar surface area (TPSA) is 68.9 Å². The van der Waals surface area contributed by atoms with Crippen LogP contribution in [0.3, 0.4) is 0 Å². The van der Waals surface area contributed by atoms with Crippen LogP contribution >= 0.6 is 24.0 Å². The third-order valence-electron chi connectivity index (χ3n) is 3.53. The largest absolute Gasteiger partial charge is 0.370 e. The van der Waals surface area contributed by atoms with E-state index in [1.165, 1.54) is 19.3 Å². The zero-order valence-electron chi connectivity index (χ0n) is 11.0. The quantitative estimate of drug-likeness (QED) is 0.438. The van der Waals surface area contributed by atoms with Crippen LogP contribution in [-0.4, -0.2) is 38.0 Å². The first kappa shape index (κ1) is 16.0. The lowest BCUT2D eigenvalue weighted by Crippen LogP contribution is -2.37. The Labute approximate surface area is 126 Å². The minimum Gasteiger partial charge on any atom is -0.370 e. The molecule has 3 N–H and O–H groups in total. The summed E-state index contributed by atoms with van der Waals surface area (Å²) in [6.07, 6.45) is 4.74. The monoisotopic (exact) mass is 369 g/mol. The Morgan fingerprint density at radius 1 is 1.39 bits per heavy atom. The summed E-state index contributed by atoms with van der Waals surface area (Å²) < 4.78 is 11.0. The standard InChI is InChI=1S/C12H23N3O2.HI/c1-12(16-7-8-17-12)5-6-14-11(13)15-9-10-3-2-4-10;/h10H,2-9H2,1H3,(H3,13,14,15);1H. The molecule has 0 bridgehead atoms. The highest BCUT2D eigenvalue weighted by molar-refractivity contribution is 14.0. The van der Waals surface area contributed by atoms with Crippen LogP contribution < -0.4 is 11.1 Å². The summed E-state index contributed by atoms with van der Waals surface area (Å²) in [6, 6.07) is 0. The summed E-state index contributed by atoms with van der Waals surface area (Å²) in [5.74, 6) is 0.856. The lowest BCUT2D eigenvalue weighted by molar-refractivity contribution is -0.145. The zero-order valence-corrected chi connectivity index (χ0v) is 13.3. The lowest BCUT2D eigenvalue weighted by atomic mass is 9.86. The van der Waals surface area contributed by atoms with Gasteiger partial charge in [0, 0.05) is 19.5 Å². The summed E-state index contributed by atoms with van der Waals surface area (Å²) >= 11 is 0. The van der Waals surface area contributed by atoms with Crippen molar-refractivity contribution in [2.75, 3.05) is 26.3 Å². The molecule has 1 heterocycles. The Kier molecular flexibility index (Phi) is 6.65. The highest BCUT2D eigenvalue weighted by Crippen LogP contribution is 2.26. The van der Waals surface area contributed by atoms with Gasteiger partial charge in [0.15, 0.2) is 11.7 Å². The molecule has 0 aromatic carbocycles. The van der Waals surface area contributed by atoms with Crippen LogP contribution in [0.4, 0.5) is 0 Å². The number of ether oxygens (including phenoxy) is 2. The molecule has 1 aliphatic heterocycles. The molecule has 1 aliphatic carbocycles. The Bertz CT molecular complexity index is 276. The Morgan fingerprint density at radius 2 is 2.06 bits per heavy atom. The van der Waals surface area contributed by atoms with Gasteiger partial charge in [-0.1, -0.05) is 6.42 Å². The molecule has 0 radical (unpaired) electrons. The second kappa shape index (κ2) is 7.49. The van der Waals surface area contributed by atoms with Gasteiger partial charge in [0.05, 0.1) is 13.2 Å². The minimum absolute atomic E-state index is 0. The van der Waals surface area contributed by atoms with Crippen LogP contribution in [0.2, 0.25) is 0 Å². The fourth-order valence-electron chi connectivity index (χ4n) is 2.08. The van der Waals surface area contributed by atoms with Crippen molar-refractivity contribution in [1.82, 2.24) is 5.32 Å². The zero-order chi connectivity index (χ0) is 12.1. The molecule has 1 saturated carbocycles. The molecule has 5 nitrogen and oxygen atoms in total. The maximum atomic E-state index is 5.79. The Balaban J connectivity index is 0.00000162. The maximum absolute atomic E-state index is 5.79. The second-order valence-corrected chi connectivity index (χ2v) is 5.03. The van der Waals surface area contributed by atoms with Crippen LogP contribution in [0.5, 0.6) is 0 Å². The van der Waals surface area contributed by atoms with Gasteiger partial charge in [0.25, 0.3) is 0 Å². The van der Waals surface area contributed by atoms with Gasteiger partial charge >= 0.3 is 0 Å². The Morgan fingerprint density at radius 3 is 2.61 bits per heavy atom. The van der Waals surface area contributed by atoms with Gasteiger partial charge < -0.3 is 20.5 Å². The number of halogens is 1. The van der Waals surface area contributed by atoms with Crippen LogP contribution in [0.25, 0.3) is 0 Å². The van der Waals surface area contributed by atoms with Crippen molar-refractivity contribution in [3.05, 3.63) is 0 Å². The van der Waals surface area contributed by atoms with Gasteiger partial charge in [-0.25, -0.2) is 0 Å². The summed E-state index contributed by atoms with van der Waals surface area (Å²) in [4.78, 5) is 4.33. The predicted octanol–water partition coefficient (Wildman–Crippen LogP) is 1.46. The predicted molar refractivity (Wildman–Crippen MR) is 82.2 cm³/mol. The summed E-state index contributed by atoms with van der Waals surface area (Å²) in [5, 5.41) is 3.11. The molecule has 0 spiro atoms. The van der Waals surface area contributed by atoms with Crippen LogP contribution in [0, 0.1) is 5.92 Å². The van der Waals surface area contributed by atoms with E-state index in [0.717, 1.165) is 25.4 Å². The fourth-order valence-corrected chi connectivity index (χ4v) is 2.08. The molecule has 6 heteroatoms. The van der Waals surface area contributed by atoms with Crippen molar-refractivity contribution in [2.24, 2.45) is 16.6 Å². The normalized spacial score (nSPS) is 23.3. The van der Waals surface area contributed by atoms with Crippen molar-refractivity contribution in [3.8, 4) is 0 Å². The molecule has 2 rings (SSSR count). The number of rotatable bonds is 5. The number of nitrogens with one attached hydrogen (secondary N) is 1. The van der Waals surface area contributed by atoms with E-state index in [-0.39, 0.29) is 24.0 Å². The van der Waals surface area contributed by atoms with E-state index in [0.29, 0.717) is 19.2 Å². The van der Waals surface area contributed by atoms with Crippen LogP contribution in [-0.2, 0) is 9.47 Å². The van der Waals surface area contributed by atoms with Gasteiger partial charge in [0.2, 0.25) is 0 Å². The Hall–Kier alpha value is -0.0800. The van der Waals surface area contributed by atoms with Crippen molar-refractivity contribution in [1.29, 1.82) is 0 Å². The first-order valence-corrected chi connectivity index (χ1v) is 6.50. The van der Waals surface area contributed by atoms with Crippen molar-refractivity contribution >= 4 is 29.9 Å². The summed E-state index contributed by atoms with van der Waals surface area (Å²) in [7, 11) is 0. The molecule has 0 atom stereocenters. The average Bonchev–Trinajstić information content (AvgIpc) is 2.63. The summed E-state index contributed by atoms with van der Waals surface area (Å²) in [6.45, 7) is 4.92. The van der Waals surface area contributed by atoms with E-state index < -0.39 is 5.79 Å². The highest BCUT2D eigenvalue weighted by Gasteiger charge is 2.30. The number of guanidine groups is 1. The minimum atomic E-state index is -0.443. The number of hydrogen-bond donors (Lipinski definition) is 2. The first-order chi connectivity index (χ1) is 8.18.